The van der Waals surface area contributed by atoms with Crippen LogP contribution >= 0.6 is 0 Å². The Balaban J connectivity index is 2.89. The number of nitrogens with zero attached hydrogens (tertiary/aromatic N) is 6. The highest BCUT2D eigenvalue weighted by Gasteiger charge is 2.18. The summed E-state index contributed by atoms with van der Waals surface area (Å²) in [7, 11) is 0. The first-order valence-corrected chi connectivity index (χ1v) is 5.74. The average molecular weight is 286 g/mol. The molecule has 1 aromatic carbocycles. The lowest BCUT2D eigenvalue weighted by molar-refractivity contribution is 0.598. The lowest BCUT2D eigenvalue weighted by Crippen LogP contribution is -2.17. The number of aromatic nitrogens is 2. The van der Waals surface area contributed by atoms with Crippen molar-refractivity contribution in [3.63, 3.8) is 0 Å². The molecule has 0 aliphatic carbocycles. The Bertz CT molecular complexity index is 1030. The van der Waals surface area contributed by atoms with E-state index in [4.69, 9.17) is 29.9 Å². The minimum atomic E-state index is -0.234. The van der Waals surface area contributed by atoms with Crippen molar-refractivity contribution < 1.29 is 8.83 Å². The van der Waals surface area contributed by atoms with Gasteiger partial charge in [0, 0.05) is 0 Å². The van der Waals surface area contributed by atoms with E-state index in [0.717, 1.165) is 12.8 Å². The molecule has 2 aromatic heterocycles. The highest BCUT2D eigenvalue weighted by Crippen LogP contribution is 2.14. The van der Waals surface area contributed by atoms with Crippen molar-refractivity contribution in [1.29, 1.82) is 21.0 Å². The van der Waals surface area contributed by atoms with Crippen molar-refractivity contribution >= 4 is 33.3 Å². The molecular formula is C14H2N6O2. The Morgan fingerprint density at radius 1 is 0.727 bits per heavy atom. The molecule has 0 N–H and O–H groups in total. The van der Waals surface area contributed by atoms with Gasteiger partial charge in [0.2, 0.25) is 0 Å². The Labute approximate surface area is 121 Å². The van der Waals surface area contributed by atoms with Crippen molar-refractivity contribution in [2.24, 2.45) is 0 Å². The van der Waals surface area contributed by atoms with Crippen molar-refractivity contribution in [2.75, 3.05) is 0 Å². The van der Waals surface area contributed by atoms with Crippen molar-refractivity contribution in [1.82, 2.24) is 9.97 Å². The monoisotopic (exact) mass is 286 g/mol. The van der Waals surface area contributed by atoms with Gasteiger partial charge in [-0.15, -0.1) is 0 Å². The molecule has 2 heterocycles. The molecule has 8 heteroatoms. The van der Waals surface area contributed by atoms with Crippen LogP contribution < -0.4 is 10.4 Å². The highest BCUT2D eigenvalue weighted by molar-refractivity contribution is 5.99. The van der Waals surface area contributed by atoms with E-state index in [9.17, 15) is 0 Å². The van der Waals surface area contributed by atoms with Crippen LogP contribution in [0.2, 0.25) is 0 Å². The quantitative estimate of drug-likeness (QED) is 0.575. The first-order chi connectivity index (χ1) is 10.8. The fraction of sp³-hybridized carbons (Fsp3) is 0. The lowest BCUT2D eigenvalue weighted by atomic mass is 10.1. The first-order valence-electron chi connectivity index (χ1n) is 5.74. The second-order valence-corrected chi connectivity index (χ2v) is 4.01. The van der Waals surface area contributed by atoms with Gasteiger partial charge in [-0.3, -0.25) is 0 Å². The van der Waals surface area contributed by atoms with Crippen LogP contribution in [0, 0.1) is 45.3 Å². The third kappa shape index (κ3) is 1.53. The molecule has 8 nitrogen and oxygen atoms in total. The zero-order chi connectivity index (χ0) is 15.7. The van der Waals surface area contributed by atoms with Crippen LogP contribution in [0.3, 0.4) is 0 Å². The zero-order valence-electron chi connectivity index (χ0n) is 10.7. The van der Waals surface area contributed by atoms with Gasteiger partial charge in [-0.25, -0.2) is 9.97 Å². The maximum Gasteiger partial charge on any atom is 0.182 e. The van der Waals surface area contributed by atoms with Gasteiger partial charge in [0.25, 0.3) is 0 Å². The zero-order valence-corrected chi connectivity index (χ0v) is 10.7. The van der Waals surface area contributed by atoms with Crippen molar-refractivity contribution in [2.45, 2.75) is 0 Å². The molecule has 0 amide bonds. The van der Waals surface area contributed by atoms with Crippen LogP contribution in [-0.4, -0.2) is 9.97 Å². The number of hydrogen-bond acceptors (Lipinski definition) is 8. The van der Waals surface area contributed by atoms with E-state index in [1.165, 1.54) is 0 Å². The molecule has 3 rings (SSSR count). The summed E-state index contributed by atoms with van der Waals surface area (Å²) in [6.07, 6.45) is 2.19. The van der Waals surface area contributed by atoms with E-state index in [2.05, 4.69) is 9.97 Å². The number of hydrogen-bond donors (Lipinski definition) is 0. The number of nitriles is 4. The fourth-order valence-corrected chi connectivity index (χ4v) is 2.16. The predicted molar refractivity (Wildman–Crippen MR) is 70.1 cm³/mol. The van der Waals surface area contributed by atoms with E-state index in [1.54, 1.807) is 24.3 Å². The topological polar surface area (TPSA) is 147 Å². The van der Waals surface area contributed by atoms with Crippen LogP contribution in [0.5, 0.6) is 0 Å². The molecule has 0 bridgehead atoms. The van der Waals surface area contributed by atoms with E-state index in [1.807, 2.05) is 0 Å². The van der Waals surface area contributed by atoms with E-state index >= 15 is 0 Å². The maximum absolute atomic E-state index is 9.10. The summed E-state index contributed by atoms with van der Waals surface area (Å²) >= 11 is 0. The second kappa shape index (κ2) is 4.76. The van der Waals surface area contributed by atoms with Crippen molar-refractivity contribution in [3.8, 4) is 24.3 Å². The Kier molecular flexibility index (Phi) is 2.78. The second-order valence-electron chi connectivity index (χ2n) is 4.01. The van der Waals surface area contributed by atoms with Gasteiger partial charge >= 0.3 is 0 Å². The van der Waals surface area contributed by atoms with Crippen LogP contribution in [0.1, 0.15) is 0 Å². The third-order valence-corrected chi connectivity index (χ3v) is 3.01. The summed E-state index contributed by atoms with van der Waals surface area (Å²) in [5, 5.41) is 36.7. The number of oxazole rings is 2. The van der Waals surface area contributed by atoms with Crippen molar-refractivity contribution in [3.05, 3.63) is 23.2 Å². The molecule has 0 atom stereocenters. The average Bonchev–Trinajstić information content (AvgIpc) is 3.19. The number of benzene rings is 1. The Morgan fingerprint density at radius 2 is 1.09 bits per heavy atom. The molecular weight excluding hydrogens is 284 g/mol. The van der Waals surface area contributed by atoms with Gasteiger partial charge in [-0.1, -0.05) is 0 Å². The normalized spacial score (nSPS) is 9.64. The Hall–Kier alpha value is -4.14. The van der Waals surface area contributed by atoms with E-state index in [-0.39, 0.29) is 43.8 Å². The molecule has 0 aliphatic rings. The van der Waals surface area contributed by atoms with Gasteiger partial charge < -0.3 is 8.83 Å². The smallest absolute Gasteiger partial charge is 0.182 e. The number of fused-ring (bicyclic) bond motifs is 2. The summed E-state index contributed by atoms with van der Waals surface area (Å²) in [5.41, 5.74) is 0.0287. The van der Waals surface area contributed by atoms with Crippen LogP contribution in [0.25, 0.3) is 33.3 Å². The molecule has 0 radical (unpaired) electrons. The third-order valence-electron chi connectivity index (χ3n) is 3.01. The van der Waals surface area contributed by atoms with Gasteiger partial charge in [0.1, 0.15) is 46.5 Å². The molecule has 0 unspecified atom stereocenters. The minimum absolute atomic E-state index is 0.0949. The molecule has 0 spiro atoms. The molecule has 0 saturated carbocycles. The lowest BCUT2D eigenvalue weighted by Gasteiger charge is -1.95. The Morgan fingerprint density at radius 3 is 1.41 bits per heavy atom. The SMILES string of the molecule is N#CC(C#N)=c1c2ncoc2c(=C(C#N)C#N)c2ncoc12. The molecule has 3 aromatic rings. The van der Waals surface area contributed by atoms with Crippen LogP contribution in [-0.2, 0) is 0 Å². The summed E-state index contributed by atoms with van der Waals surface area (Å²) in [6.45, 7) is 0. The molecule has 0 aliphatic heterocycles. The van der Waals surface area contributed by atoms with Crippen LogP contribution in [0.4, 0.5) is 0 Å². The van der Waals surface area contributed by atoms with E-state index < -0.39 is 0 Å². The molecule has 0 saturated heterocycles. The van der Waals surface area contributed by atoms with Gasteiger partial charge in [-0.2, -0.15) is 21.0 Å². The first kappa shape index (κ1) is 12.9. The molecule has 0 fully saturated rings. The molecule has 100 valence electrons. The minimum Gasteiger partial charge on any atom is -0.443 e. The number of rotatable bonds is 0. The fourth-order valence-electron chi connectivity index (χ4n) is 2.16. The standard InChI is InChI=1S/C14H2N6O2/c15-1-7(2-16)9-11-14(22-5-19-11)10(8(3-17)4-18)12-13(9)21-6-20-12/h5-6H. The van der Waals surface area contributed by atoms with E-state index in [0.29, 0.717) is 0 Å². The van der Waals surface area contributed by atoms with Gasteiger partial charge in [0.15, 0.2) is 24.0 Å². The summed E-state index contributed by atoms with van der Waals surface area (Å²) in [4.78, 5) is 7.93. The highest BCUT2D eigenvalue weighted by atomic mass is 16.3. The predicted octanol–water partition coefficient (Wildman–Crippen LogP) is 0.365. The van der Waals surface area contributed by atoms with Gasteiger partial charge in [0.05, 0.1) is 10.4 Å². The summed E-state index contributed by atoms with van der Waals surface area (Å²) in [5.74, 6) is 0. The van der Waals surface area contributed by atoms with Crippen LogP contribution in [0.15, 0.2) is 21.6 Å². The maximum atomic E-state index is 9.10. The molecule has 22 heavy (non-hydrogen) atoms. The largest absolute Gasteiger partial charge is 0.443 e. The summed E-state index contributed by atoms with van der Waals surface area (Å²) < 4.78 is 10.5. The summed E-state index contributed by atoms with van der Waals surface area (Å²) in [6, 6.07) is 7.03. The van der Waals surface area contributed by atoms with Gasteiger partial charge in [-0.05, 0) is 0 Å².